The van der Waals surface area contributed by atoms with Crippen LogP contribution in [0, 0.1) is 21.3 Å². The van der Waals surface area contributed by atoms with Gasteiger partial charge in [0.1, 0.15) is 17.3 Å². The van der Waals surface area contributed by atoms with Gasteiger partial charge in [-0.1, -0.05) is 66.7 Å². The Balaban J connectivity index is 1.52. The fourth-order valence-corrected chi connectivity index (χ4v) is 6.88. The number of ketones is 3. The molecule has 0 amide bonds. The number of nitro groups is 1. The Kier molecular flexibility index (Phi) is 5.37. The zero-order chi connectivity index (χ0) is 28.5. The van der Waals surface area contributed by atoms with E-state index in [9.17, 15) is 28.9 Å². The summed E-state index contributed by atoms with van der Waals surface area (Å²) in [6.45, 7) is 0. The number of halogens is 1. The van der Waals surface area contributed by atoms with Crippen molar-refractivity contribution in [1.82, 2.24) is 0 Å². The quantitative estimate of drug-likeness (QED) is 0.134. The van der Waals surface area contributed by atoms with Crippen molar-refractivity contribution in [3.05, 3.63) is 147 Å². The lowest BCUT2D eigenvalue weighted by atomic mass is 9.64. The molecule has 2 aliphatic heterocycles. The van der Waals surface area contributed by atoms with E-state index >= 15 is 0 Å². The van der Waals surface area contributed by atoms with Crippen LogP contribution < -0.4 is 4.90 Å². The van der Waals surface area contributed by atoms with E-state index in [0.29, 0.717) is 22.4 Å². The number of anilines is 1. The fraction of sp³-hybridized carbons (Fsp3) is 0.121. The molecule has 0 radical (unpaired) electrons. The molecule has 1 aliphatic carbocycles. The molecule has 1 fully saturated rings. The number of rotatable bonds is 4. The molecule has 0 bridgehead atoms. The first kappa shape index (κ1) is 24.8. The highest BCUT2D eigenvalue weighted by molar-refractivity contribution is 6.32. The Bertz CT molecular complexity index is 1780. The van der Waals surface area contributed by atoms with Crippen LogP contribution >= 0.6 is 0 Å². The first-order valence-corrected chi connectivity index (χ1v) is 13.1. The summed E-state index contributed by atoms with van der Waals surface area (Å²) >= 11 is 0. The number of nitro benzene ring substituents is 1. The fourth-order valence-electron chi connectivity index (χ4n) is 6.88. The molecule has 8 heteroatoms. The Morgan fingerprint density at radius 2 is 1.44 bits per heavy atom. The van der Waals surface area contributed by atoms with E-state index in [2.05, 4.69) is 0 Å². The van der Waals surface area contributed by atoms with Gasteiger partial charge in [-0.15, -0.1) is 0 Å². The largest absolute Gasteiger partial charge is 0.352 e. The number of nitrogens with zero attached hydrogens (tertiary/aromatic N) is 2. The second kappa shape index (κ2) is 8.89. The molecule has 3 unspecified atom stereocenters. The number of para-hydroxylation sites is 1. The maximum Gasteiger partial charge on any atom is 0.269 e. The minimum absolute atomic E-state index is 0.166. The molecule has 200 valence electrons. The molecule has 7 nitrogen and oxygen atoms in total. The number of benzene rings is 4. The first-order valence-electron chi connectivity index (χ1n) is 13.1. The van der Waals surface area contributed by atoms with E-state index in [4.69, 9.17) is 0 Å². The number of Topliss-reactive ketones (excluding diaryl/α,β-unsaturated/α-hetero) is 3. The second-order valence-corrected chi connectivity index (χ2v) is 10.5. The van der Waals surface area contributed by atoms with Gasteiger partial charge in [0.25, 0.3) is 5.69 Å². The van der Waals surface area contributed by atoms with Crippen LogP contribution in [0.4, 0.5) is 15.8 Å². The molecule has 1 spiro atoms. The van der Waals surface area contributed by atoms with E-state index in [-0.39, 0.29) is 22.8 Å². The molecular formula is C33H21FN2O5. The summed E-state index contributed by atoms with van der Waals surface area (Å²) in [6.07, 6.45) is 3.67. The molecule has 1 saturated heterocycles. The number of hydrogen-bond donors (Lipinski definition) is 0. The lowest BCUT2D eigenvalue weighted by molar-refractivity contribution is -0.384. The van der Waals surface area contributed by atoms with E-state index < -0.39 is 39.9 Å². The smallest absolute Gasteiger partial charge is 0.269 e. The van der Waals surface area contributed by atoms with Gasteiger partial charge >= 0.3 is 0 Å². The van der Waals surface area contributed by atoms with Crippen molar-refractivity contribution in [2.45, 2.75) is 18.0 Å². The molecular weight excluding hydrogens is 523 g/mol. The Labute approximate surface area is 233 Å². The van der Waals surface area contributed by atoms with E-state index in [1.807, 2.05) is 41.3 Å². The second-order valence-electron chi connectivity index (χ2n) is 10.5. The molecule has 4 aromatic carbocycles. The Morgan fingerprint density at radius 3 is 2.07 bits per heavy atom. The average molecular weight is 545 g/mol. The van der Waals surface area contributed by atoms with Gasteiger partial charge in [0.15, 0.2) is 17.3 Å². The van der Waals surface area contributed by atoms with Crippen molar-refractivity contribution in [2.24, 2.45) is 5.41 Å². The van der Waals surface area contributed by atoms with Crippen LogP contribution in [0.2, 0.25) is 0 Å². The van der Waals surface area contributed by atoms with Gasteiger partial charge in [-0.25, -0.2) is 4.39 Å². The van der Waals surface area contributed by atoms with Gasteiger partial charge < -0.3 is 4.90 Å². The number of non-ortho nitro benzene ring substituents is 1. The number of hydrogen-bond acceptors (Lipinski definition) is 6. The van der Waals surface area contributed by atoms with Gasteiger partial charge in [-0.3, -0.25) is 24.5 Å². The monoisotopic (exact) mass is 544 g/mol. The molecule has 7 rings (SSSR count). The average Bonchev–Trinajstić information content (AvgIpc) is 3.43. The van der Waals surface area contributed by atoms with Crippen LogP contribution in [0.3, 0.4) is 0 Å². The van der Waals surface area contributed by atoms with Crippen LogP contribution in [-0.4, -0.2) is 34.4 Å². The van der Waals surface area contributed by atoms with Crippen LogP contribution in [0.25, 0.3) is 6.08 Å². The molecule has 4 aromatic rings. The molecule has 41 heavy (non-hydrogen) atoms. The third kappa shape index (κ3) is 3.34. The minimum Gasteiger partial charge on any atom is -0.352 e. The van der Waals surface area contributed by atoms with Gasteiger partial charge in [0.05, 0.1) is 11.0 Å². The van der Waals surface area contributed by atoms with Crippen molar-refractivity contribution in [3.8, 4) is 0 Å². The van der Waals surface area contributed by atoms with Gasteiger partial charge in [-0.2, -0.15) is 0 Å². The summed E-state index contributed by atoms with van der Waals surface area (Å²) in [4.78, 5) is 56.2. The van der Waals surface area contributed by atoms with Crippen LogP contribution in [0.5, 0.6) is 0 Å². The number of carbonyl (C=O) groups excluding carboxylic acids is 3. The van der Waals surface area contributed by atoms with Crippen molar-refractivity contribution < 1.29 is 23.7 Å². The van der Waals surface area contributed by atoms with Gasteiger partial charge in [-0.05, 0) is 41.5 Å². The summed E-state index contributed by atoms with van der Waals surface area (Å²) in [7, 11) is 0. The number of fused-ring (bicyclic) bond motifs is 5. The molecule has 0 aromatic heterocycles. The topological polar surface area (TPSA) is 97.6 Å². The third-order valence-corrected chi connectivity index (χ3v) is 8.57. The van der Waals surface area contributed by atoms with Crippen molar-refractivity contribution in [3.63, 3.8) is 0 Å². The maximum atomic E-state index is 14.5. The highest BCUT2D eigenvalue weighted by atomic mass is 19.1. The number of carbonyl (C=O) groups is 3. The zero-order valence-corrected chi connectivity index (χ0v) is 21.4. The molecule has 0 N–H and O–H groups in total. The molecule has 0 saturated carbocycles. The first-order chi connectivity index (χ1) is 19.8. The predicted molar refractivity (Wildman–Crippen MR) is 150 cm³/mol. The van der Waals surface area contributed by atoms with E-state index in [1.54, 1.807) is 24.3 Å². The summed E-state index contributed by atoms with van der Waals surface area (Å²) in [5, 5.41) is 11.3. The summed E-state index contributed by atoms with van der Waals surface area (Å²) in [5.74, 6) is -2.65. The Hall–Kier alpha value is -5.24. The van der Waals surface area contributed by atoms with Gasteiger partial charge in [0, 0.05) is 40.4 Å². The van der Waals surface area contributed by atoms with E-state index in [1.165, 1.54) is 48.5 Å². The normalized spacial score (nSPS) is 21.5. The molecule has 2 heterocycles. The van der Waals surface area contributed by atoms with Crippen LogP contribution in [0.1, 0.15) is 48.1 Å². The molecule has 3 aliphatic rings. The van der Waals surface area contributed by atoms with Crippen molar-refractivity contribution in [1.29, 1.82) is 0 Å². The lowest BCUT2D eigenvalue weighted by Crippen LogP contribution is -2.48. The maximum absolute atomic E-state index is 14.5. The lowest BCUT2D eigenvalue weighted by Gasteiger charge is -2.37. The summed E-state index contributed by atoms with van der Waals surface area (Å²) < 4.78 is 14.1. The van der Waals surface area contributed by atoms with Crippen LogP contribution in [-0.2, 0) is 0 Å². The molecule has 3 atom stereocenters. The third-order valence-electron chi connectivity index (χ3n) is 8.57. The predicted octanol–water partition coefficient (Wildman–Crippen LogP) is 6.05. The van der Waals surface area contributed by atoms with Crippen molar-refractivity contribution >= 4 is 34.8 Å². The zero-order valence-electron chi connectivity index (χ0n) is 21.4. The van der Waals surface area contributed by atoms with Crippen molar-refractivity contribution in [2.75, 3.05) is 4.90 Å². The highest BCUT2D eigenvalue weighted by Gasteiger charge is 2.71. The SMILES string of the molecule is O=C(c1ccc([N+](=O)[O-])cc1)C1C(c2ccc(F)cc2)C2(C(=O)c3ccccc3C2=O)C2C=Cc3ccccc3N12. The summed E-state index contributed by atoms with van der Waals surface area (Å²) in [5.41, 5.74) is 0.886. The Morgan fingerprint density at radius 1 is 0.829 bits per heavy atom. The highest BCUT2D eigenvalue weighted by Crippen LogP contribution is 2.60. The van der Waals surface area contributed by atoms with Gasteiger partial charge in [0.2, 0.25) is 0 Å². The standard InChI is InChI=1S/C33H21FN2O5/c34-22-14-9-20(10-15-22)28-29(30(37)21-11-16-23(17-12-21)36(40)41)35-26-8-4-1-5-19(26)13-18-27(35)33(28)31(38)24-6-2-3-7-25(24)32(33)39/h1-18,27-29H. The van der Waals surface area contributed by atoms with E-state index in [0.717, 1.165) is 5.56 Å². The van der Waals surface area contributed by atoms with Crippen LogP contribution in [0.15, 0.2) is 103 Å². The minimum atomic E-state index is -1.70. The summed E-state index contributed by atoms with van der Waals surface area (Å²) in [6, 6.07) is 23.1.